The molecule has 2 rings (SSSR count). The van der Waals surface area contributed by atoms with Gasteiger partial charge in [-0.1, -0.05) is 12.1 Å². The van der Waals surface area contributed by atoms with Gasteiger partial charge in [-0.3, -0.25) is 9.89 Å². The van der Waals surface area contributed by atoms with Crippen LogP contribution < -0.4 is 15.4 Å². The fourth-order valence-corrected chi connectivity index (χ4v) is 3.12. The Labute approximate surface area is 176 Å². The first-order valence-corrected chi connectivity index (χ1v) is 10.5. The van der Waals surface area contributed by atoms with Crippen molar-refractivity contribution in [3.63, 3.8) is 0 Å². The van der Waals surface area contributed by atoms with Crippen LogP contribution in [0, 0.1) is 0 Å². The maximum Gasteiger partial charge on any atom is 0.191 e. The largest absolute Gasteiger partial charge is 0.497 e. The van der Waals surface area contributed by atoms with Gasteiger partial charge in [0.25, 0.3) is 0 Å². The van der Waals surface area contributed by atoms with Gasteiger partial charge in [0.2, 0.25) is 0 Å². The highest BCUT2D eigenvalue weighted by molar-refractivity contribution is 5.79. The van der Waals surface area contributed by atoms with Gasteiger partial charge in [-0.25, -0.2) is 0 Å². The van der Waals surface area contributed by atoms with E-state index in [0.717, 1.165) is 57.6 Å². The Bertz CT molecular complexity index is 625. The van der Waals surface area contributed by atoms with Gasteiger partial charge in [-0.15, -0.1) is 0 Å². The summed E-state index contributed by atoms with van der Waals surface area (Å²) in [6.45, 7) is 12.2. The summed E-state index contributed by atoms with van der Waals surface area (Å²) in [5, 5.41) is 6.94. The van der Waals surface area contributed by atoms with Gasteiger partial charge in [0.15, 0.2) is 5.96 Å². The summed E-state index contributed by atoms with van der Waals surface area (Å²) in [4.78, 5) is 9.51. The van der Waals surface area contributed by atoms with Crippen molar-refractivity contribution in [3.05, 3.63) is 29.8 Å². The maximum absolute atomic E-state index is 5.56. The summed E-state index contributed by atoms with van der Waals surface area (Å²) < 4.78 is 10.9. The predicted molar refractivity (Wildman–Crippen MR) is 120 cm³/mol. The number of nitrogens with zero attached hydrogens (tertiary/aromatic N) is 3. The van der Waals surface area contributed by atoms with E-state index in [1.54, 1.807) is 7.11 Å². The van der Waals surface area contributed by atoms with Crippen LogP contribution in [0.2, 0.25) is 0 Å². The van der Waals surface area contributed by atoms with Crippen LogP contribution in [0.4, 0.5) is 0 Å². The average molecular weight is 406 g/mol. The summed E-state index contributed by atoms with van der Waals surface area (Å²) >= 11 is 0. The highest BCUT2D eigenvalue weighted by Crippen LogP contribution is 2.23. The molecule has 0 amide bonds. The van der Waals surface area contributed by atoms with Crippen LogP contribution in [-0.4, -0.2) is 88.4 Å². The molecule has 164 valence electrons. The molecule has 0 saturated carbocycles. The third-order valence-electron chi connectivity index (χ3n) is 5.63. The van der Waals surface area contributed by atoms with Crippen LogP contribution in [0.3, 0.4) is 0 Å². The number of guanidine groups is 1. The van der Waals surface area contributed by atoms with E-state index < -0.39 is 0 Å². The van der Waals surface area contributed by atoms with Crippen molar-refractivity contribution < 1.29 is 9.47 Å². The van der Waals surface area contributed by atoms with Crippen molar-refractivity contribution in [2.75, 3.05) is 67.1 Å². The van der Waals surface area contributed by atoms with Crippen LogP contribution >= 0.6 is 0 Å². The number of likely N-dealkylation sites (N-methyl/N-ethyl adjacent to an activating group) is 1. The second kappa shape index (κ2) is 11.4. The van der Waals surface area contributed by atoms with E-state index in [-0.39, 0.29) is 11.6 Å². The lowest BCUT2D eigenvalue weighted by molar-refractivity contribution is 0.0170. The molecule has 7 nitrogen and oxygen atoms in total. The maximum atomic E-state index is 5.56. The SMILES string of the molecule is CCNC(=NCC(C)(C)N(C)C)NCC(c1ccc(OC)cc1)N1CCOCC1. The number of ether oxygens (including phenoxy) is 2. The molecule has 0 spiro atoms. The van der Waals surface area contributed by atoms with Gasteiger partial charge in [-0.05, 0) is 52.6 Å². The Morgan fingerprint density at radius 2 is 1.86 bits per heavy atom. The van der Waals surface area contributed by atoms with E-state index in [1.807, 2.05) is 12.1 Å². The van der Waals surface area contributed by atoms with E-state index in [2.05, 4.69) is 67.4 Å². The molecule has 1 heterocycles. The second-order valence-corrected chi connectivity index (χ2v) is 8.22. The molecule has 29 heavy (non-hydrogen) atoms. The Morgan fingerprint density at radius 1 is 1.21 bits per heavy atom. The van der Waals surface area contributed by atoms with Gasteiger partial charge < -0.3 is 25.0 Å². The minimum atomic E-state index is 0.00193. The Balaban J connectivity index is 2.12. The van der Waals surface area contributed by atoms with Gasteiger partial charge >= 0.3 is 0 Å². The summed E-state index contributed by atoms with van der Waals surface area (Å²) in [5.41, 5.74) is 1.27. The molecule has 1 fully saturated rings. The lowest BCUT2D eigenvalue weighted by Crippen LogP contribution is -2.47. The molecule has 0 radical (unpaired) electrons. The van der Waals surface area contributed by atoms with Crippen molar-refractivity contribution in [3.8, 4) is 5.75 Å². The fraction of sp³-hybridized carbons (Fsp3) is 0.682. The Morgan fingerprint density at radius 3 is 2.41 bits per heavy atom. The first kappa shape index (κ1) is 23.4. The van der Waals surface area contributed by atoms with Crippen LogP contribution in [0.15, 0.2) is 29.3 Å². The molecule has 1 aliphatic rings. The highest BCUT2D eigenvalue weighted by Gasteiger charge is 2.24. The number of hydrogen-bond donors (Lipinski definition) is 2. The molecule has 7 heteroatoms. The van der Waals surface area contributed by atoms with E-state index in [1.165, 1.54) is 5.56 Å². The van der Waals surface area contributed by atoms with E-state index >= 15 is 0 Å². The predicted octanol–water partition coefficient (Wildman–Crippen LogP) is 1.96. The van der Waals surface area contributed by atoms with Gasteiger partial charge in [-0.2, -0.15) is 0 Å². The molecular formula is C22H39N5O2. The highest BCUT2D eigenvalue weighted by atomic mass is 16.5. The van der Waals surface area contributed by atoms with Crippen molar-refractivity contribution in [2.45, 2.75) is 32.4 Å². The van der Waals surface area contributed by atoms with Gasteiger partial charge in [0.05, 0.1) is 32.9 Å². The van der Waals surface area contributed by atoms with Crippen molar-refractivity contribution in [2.24, 2.45) is 4.99 Å². The first-order valence-electron chi connectivity index (χ1n) is 10.5. The van der Waals surface area contributed by atoms with Gasteiger partial charge in [0, 0.05) is 31.7 Å². The smallest absolute Gasteiger partial charge is 0.191 e. The minimum Gasteiger partial charge on any atom is -0.497 e. The normalized spacial score (nSPS) is 17.3. The zero-order chi connectivity index (χ0) is 21.3. The van der Waals surface area contributed by atoms with E-state index in [9.17, 15) is 0 Å². The number of methoxy groups -OCH3 is 1. The number of aliphatic imine (C=N–C) groups is 1. The number of hydrogen-bond acceptors (Lipinski definition) is 5. The summed E-state index contributed by atoms with van der Waals surface area (Å²) in [5.74, 6) is 1.73. The molecule has 2 N–H and O–H groups in total. The molecule has 1 unspecified atom stereocenters. The zero-order valence-electron chi connectivity index (χ0n) is 19.0. The Kier molecular flexibility index (Phi) is 9.20. The molecular weight excluding hydrogens is 366 g/mol. The molecule has 1 aromatic rings. The molecule has 1 aromatic carbocycles. The van der Waals surface area contributed by atoms with Crippen LogP contribution in [0.1, 0.15) is 32.4 Å². The van der Waals surface area contributed by atoms with Crippen molar-refractivity contribution in [1.29, 1.82) is 0 Å². The second-order valence-electron chi connectivity index (χ2n) is 8.22. The fourth-order valence-electron chi connectivity index (χ4n) is 3.12. The monoisotopic (exact) mass is 405 g/mol. The minimum absolute atomic E-state index is 0.00193. The van der Waals surface area contributed by atoms with Crippen molar-refractivity contribution >= 4 is 5.96 Å². The lowest BCUT2D eigenvalue weighted by Gasteiger charge is -2.35. The third-order valence-corrected chi connectivity index (χ3v) is 5.63. The molecule has 1 saturated heterocycles. The Hall–Kier alpha value is -1.83. The molecule has 0 aromatic heterocycles. The quantitative estimate of drug-likeness (QED) is 0.484. The summed E-state index contributed by atoms with van der Waals surface area (Å²) in [6.07, 6.45) is 0. The third kappa shape index (κ3) is 7.17. The van der Waals surface area contributed by atoms with E-state index in [4.69, 9.17) is 14.5 Å². The number of nitrogens with one attached hydrogen (secondary N) is 2. The molecule has 0 bridgehead atoms. The summed E-state index contributed by atoms with van der Waals surface area (Å²) in [6, 6.07) is 8.61. The summed E-state index contributed by atoms with van der Waals surface area (Å²) in [7, 11) is 5.88. The number of morpholine rings is 1. The van der Waals surface area contributed by atoms with Crippen LogP contribution in [0.5, 0.6) is 5.75 Å². The van der Waals surface area contributed by atoms with E-state index in [0.29, 0.717) is 0 Å². The molecule has 1 aliphatic heterocycles. The molecule has 0 aliphatic carbocycles. The lowest BCUT2D eigenvalue weighted by atomic mass is 10.0. The standard InChI is InChI=1S/C22H39N5O2/c1-7-23-21(25-17-22(2,3)26(4)5)24-16-20(27-12-14-29-15-13-27)18-8-10-19(28-6)11-9-18/h8-11,20H,7,12-17H2,1-6H3,(H2,23,24,25). The first-order chi connectivity index (χ1) is 13.9. The van der Waals surface area contributed by atoms with Crippen LogP contribution in [-0.2, 0) is 4.74 Å². The van der Waals surface area contributed by atoms with Crippen LogP contribution in [0.25, 0.3) is 0 Å². The molecule has 1 atom stereocenters. The number of benzene rings is 1. The zero-order valence-corrected chi connectivity index (χ0v) is 19.0. The average Bonchev–Trinajstić information content (AvgIpc) is 2.73. The topological polar surface area (TPSA) is 61.4 Å². The van der Waals surface area contributed by atoms with Crippen molar-refractivity contribution in [1.82, 2.24) is 20.4 Å². The number of rotatable bonds is 9. The van der Waals surface area contributed by atoms with Gasteiger partial charge in [0.1, 0.15) is 5.75 Å².